The van der Waals surface area contributed by atoms with Crippen molar-refractivity contribution >= 4 is 11.8 Å². The predicted octanol–water partition coefficient (Wildman–Crippen LogP) is 3.57. The molecule has 6 nitrogen and oxygen atoms in total. The van der Waals surface area contributed by atoms with Gasteiger partial charge in [0.05, 0.1) is 0 Å². The molecule has 1 aliphatic rings. The molecule has 0 radical (unpaired) electrons. The van der Waals surface area contributed by atoms with Crippen molar-refractivity contribution in [2.75, 3.05) is 13.2 Å². The molecule has 1 unspecified atom stereocenters. The van der Waals surface area contributed by atoms with Gasteiger partial charge in [0.25, 0.3) is 5.91 Å². The van der Waals surface area contributed by atoms with Crippen LogP contribution in [0.1, 0.15) is 61.5 Å². The van der Waals surface area contributed by atoms with E-state index in [4.69, 9.17) is 4.74 Å². The third-order valence-electron chi connectivity index (χ3n) is 4.54. The Morgan fingerprint density at radius 3 is 2.43 bits per heavy atom. The average Bonchev–Trinajstić information content (AvgIpc) is 3.52. The highest BCUT2D eigenvalue weighted by atomic mass is 19.4. The lowest BCUT2D eigenvalue weighted by Crippen LogP contribution is -2.47. The molecule has 0 aromatic carbocycles. The van der Waals surface area contributed by atoms with Crippen molar-refractivity contribution < 1.29 is 36.3 Å². The minimum absolute atomic E-state index is 0.100. The van der Waals surface area contributed by atoms with Crippen LogP contribution in [0.5, 0.6) is 5.75 Å². The smallest absolute Gasteiger partial charge is 0.456 e. The number of alkyl halides is 5. The van der Waals surface area contributed by atoms with E-state index in [1.54, 1.807) is 6.92 Å². The molecule has 2 amide bonds. The summed E-state index contributed by atoms with van der Waals surface area (Å²) in [6, 6.07) is 0.336. The molecule has 168 valence electrons. The van der Waals surface area contributed by atoms with Crippen LogP contribution in [0.3, 0.4) is 0 Å². The highest BCUT2D eigenvalue weighted by Gasteiger charge is 2.58. The number of ether oxygens (including phenoxy) is 1. The molecule has 1 atom stereocenters. The van der Waals surface area contributed by atoms with Gasteiger partial charge in [0.1, 0.15) is 6.04 Å². The maximum absolute atomic E-state index is 13.3. The number of carbonyl (C=O) groups excluding carboxylic acids is 2. The third-order valence-corrected chi connectivity index (χ3v) is 4.54. The first-order chi connectivity index (χ1) is 14.0. The molecule has 1 saturated carbocycles. The maximum atomic E-state index is 13.3. The van der Waals surface area contributed by atoms with Gasteiger partial charge in [-0.3, -0.25) is 9.59 Å². The molecule has 2 N–H and O–H groups in total. The lowest BCUT2D eigenvalue weighted by Gasteiger charge is -2.21. The molecule has 11 heteroatoms. The Morgan fingerprint density at radius 1 is 1.23 bits per heavy atom. The number of hydrogen-bond donors (Lipinski definition) is 2. The number of pyridine rings is 1. The van der Waals surface area contributed by atoms with Gasteiger partial charge in [-0.15, -0.1) is 0 Å². The fraction of sp³-hybridized carbons (Fsp3) is 0.632. The number of nitrogens with zero attached hydrogens (tertiary/aromatic N) is 1. The Labute approximate surface area is 170 Å². The molecular weight excluding hydrogens is 413 g/mol. The summed E-state index contributed by atoms with van der Waals surface area (Å²) in [5, 5.41) is 5.04. The van der Waals surface area contributed by atoms with Crippen LogP contribution in [0.25, 0.3) is 0 Å². The Kier molecular flexibility index (Phi) is 7.59. The normalized spacial score (nSPS) is 15.4. The van der Waals surface area contributed by atoms with E-state index in [9.17, 15) is 31.5 Å². The standard InChI is InChI=1S/C19H24F5N3O3/c1-3-7-25-16(28)13(4-2)27-17(29)15-14(8-12(9-26-15)11-5-6-11)30-10-18(20,21)19(22,23)24/h8-9,11,13H,3-7,10H2,1-2H3,(H,25,28)(H,27,29). The topological polar surface area (TPSA) is 80.3 Å². The van der Waals surface area contributed by atoms with E-state index in [2.05, 4.69) is 15.6 Å². The van der Waals surface area contributed by atoms with Crippen molar-refractivity contribution in [3.8, 4) is 5.75 Å². The van der Waals surface area contributed by atoms with Crippen LogP contribution in [0, 0.1) is 0 Å². The molecule has 30 heavy (non-hydrogen) atoms. The lowest BCUT2D eigenvalue weighted by molar-refractivity contribution is -0.290. The Hall–Kier alpha value is -2.46. The summed E-state index contributed by atoms with van der Waals surface area (Å²) in [5.74, 6) is -6.81. The number of aromatic nitrogens is 1. The van der Waals surface area contributed by atoms with E-state index < -0.39 is 48.0 Å². The summed E-state index contributed by atoms with van der Waals surface area (Å²) >= 11 is 0. The van der Waals surface area contributed by atoms with Crippen molar-refractivity contribution in [3.63, 3.8) is 0 Å². The number of halogens is 5. The number of hydrogen-bond acceptors (Lipinski definition) is 4. The first-order valence-electron chi connectivity index (χ1n) is 9.66. The second-order valence-corrected chi connectivity index (χ2v) is 7.11. The van der Waals surface area contributed by atoms with Gasteiger partial charge >= 0.3 is 12.1 Å². The first kappa shape index (κ1) is 23.8. The highest BCUT2D eigenvalue weighted by molar-refractivity contribution is 5.98. The van der Waals surface area contributed by atoms with E-state index in [0.717, 1.165) is 12.8 Å². The molecular formula is C19H24F5N3O3. The Bertz CT molecular complexity index is 766. The quantitative estimate of drug-likeness (QED) is 0.549. The van der Waals surface area contributed by atoms with Crippen LogP contribution >= 0.6 is 0 Å². The summed E-state index contributed by atoms with van der Waals surface area (Å²) < 4.78 is 68.6. The fourth-order valence-electron chi connectivity index (χ4n) is 2.58. The van der Waals surface area contributed by atoms with Crippen LogP contribution < -0.4 is 15.4 Å². The van der Waals surface area contributed by atoms with E-state index >= 15 is 0 Å². The molecule has 0 saturated heterocycles. The van der Waals surface area contributed by atoms with E-state index in [-0.39, 0.29) is 12.3 Å². The molecule has 1 fully saturated rings. The summed E-state index contributed by atoms with van der Waals surface area (Å²) in [4.78, 5) is 28.6. The molecule has 0 spiro atoms. The Morgan fingerprint density at radius 2 is 1.90 bits per heavy atom. The summed E-state index contributed by atoms with van der Waals surface area (Å²) in [7, 11) is 0. The second-order valence-electron chi connectivity index (χ2n) is 7.11. The first-order valence-corrected chi connectivity index (χ1v) is 9.66. The third kappa shape index (κ3) is 6.02. The minimum Gasteiger partial charge on any atom is -0.484 e. The lowest BCUT2D eigenvalue weighted by atomic mass is 10.1. The zero-order valence-electron chi connectivity index (χ0n) is 16.6. The van der Waals surface area contributed by atoms with Crippen LogP contribution in [-0.4, -0.2) is 48.1 Å². The van der Waals surface area contributed by atoms with Gasteiger partial charge in [0, 0.05) is 12.7 Å². The second kappa shape index (κ2) is 9.57. The molecule has 0 bridgehead atoms. The SMILES string of the molecule is CCCNC(=O)C(CC)NC(=O)c1ncc(C2CC2)cc1OCC(F)(F)C(F)(F)F. The van der Waals surface area contributed by atoms with E-state index in [0.29, 0.717) is 18.5 Å². The number of nitrogens with one attached hydrogen (secondary N) is 2. The maximum Gasteiger partial charge on any atom is 0.456 e. The molecule has 0 aliphatic heterocycles. The van der Waals surface area contributed by atoms with Gasteiger partial charge in [-0.25, -0.2) is 4.98 Å². The highest BCUT2D eigenvalue weighted by Crippen LogP contribution is 2.41. The predicted molar refractivity (Wildman–Crippen MR) is 97.6 cm³/mol. The monoisotopic (exact) mass is 437 g/mol. The van der Waals surface area contributed by atoms with Crippen molar-refractivity contribution in [1.82, 2.24) is 15.6 Å². The van der Waals surface area contributed by atoms with Gasteiger partial charge in [-0.2, -0.15) is 22.0 Å². The average molecular weight is 437 g/mol. The zero-order valence-corrected chi connectivity index (χ0v) is 16.6. The van der Waals surface area contributed by atoms with E-state index in [1.165, 1.54) is 12.3 Å². The summed E-state index contributed by atoms with van der Waals surface area (Å²) in [5.41, 5.74) is 0.128. The minimum atomic E-state index is -5.79. The van der Waals surface area contributed by atoms with Crippen LogP contribution in [-0.2, 0) is 4.79 Å². The van der Waals surface area contributed by atoms with Crippen LogP contribution in [0.2, 0.25) is 0 Å². The summed E-state index contributed by atoms with van der Waals surface area (Å²) in [6.45, 7) is 1.92. The number of amides is 2. The van der Waals surface area contributed by atoms with Gasteiger partial charge < -0.3 is 15.4 Å². The van der Waals surface area contributed by atoms with Crippen LogP contribution in [0.4, 0.5) is 22.0 Å². The number of rotatable bonds is 10. The van der Waals surface area contributed by atoms with Crippen molar-refractivity contribution in [3.05, 3.63) is 23.5 Å². The van der Waals surface area contributed by atoms with Crippen LogP contribution in [0.15, 0.2) is 12.3 Å². The fourth-order valence-corrected chi connectivity index (χ4v) is 2.58. The molecule has 2 rings (SSSR count). The Balaban J connectivity index is 2.21. The van der Waals surface area contributed by atoms with Crippen molar-refractivity contribution in [2.24, 2.45) is 0 Å². The van der Waals surface area contributed by atoms with Crippen molar-refractivity contribution in [1.29, 1.82) is 0 Å². The van der Waals surface area contributed by atoms with Gasteiger partial charge in [-0.1, -0.05) is 13.8 Å². The molecule has 1 aromatic rings. The van der Waals surface area contributed by atoms with Gasteiger partial charge in [-0.05, 0) is 43.2 Å². The van der Waals surface area contributed by atoms with Gasteiger partial charge in [0.15, 0.2) is 18.1 Å². The van der Waals surface area contributed by atoms with E-state index in [1.807, 2.05) is 6.92 Å². The largest absolute Gasteiger partial charge is 0.484 e. The summed E-state index contributed by atoms with van der Waals surface area (Å²) in [6.07, 6.45) is -1.86. The molecule has 1 aromatic heterocycles. The zero-order chi connectivity index (χ0) is 22.5. The number of carbonyl (C=O) groups is 2. The molecule has 1 heterocycles. The van der Waals surface area contributed by atoms with Crippen molar-refractivity contribution in [2.45, 2.75) is 63.6 Å². The molecule has 1 aliphatic carbocycles. The van der Waals surface area contributed by atoms with Gasteiger partial charge in [0.2, 0.25) is 5.91 Å².